The molecule has 0 bridgehead atoms. The van der Waals surface area contributed by atoms with Crippen LogP contribution in [0.1, 0.15) is 5.56 Å². The van der Waals surface area contributed by atoms with Crippen LogP contribution in [-0.2, 0) is 18.0 Å². The Hall–Kier alpha value is -3.01. The number of rotatable bonds is 3. The van der Waals surface area contributed by atoms with Gasteiger partial charge in [-0.1, -0.05) is 102 Å². The Kier molecular flexibility index (Phi) is 10.5. The summed E-state index contributed by atoms with van der Waals surface area (Å²) < 4.78 is 5.38. The van der Waals surface area contributed by atoms with E-state index in [9.17, 15) is 0 Å². The molecule has 6 aromatic carbocycles. The van der Waals surface area contributed by atoms with Crippen LogP contribution >= 0.6 is 17.0 Å². The average Bonchev–Trinajstić information content (AvgIpc) is 3.77. The van der Waals surface area contributed by atoms with Gasteiger partial charge in [0, 0.05) is 0 Å². The van der Waals surface area contributed by atoms with Gasteiger partial charge in [0.15, 0.2) is 5.89 Å². The van der Waals surface area contributed by atoms with Crippen molar-refractivity contribution in [3.8, 4) is 33.7 Å². The van der Waals surface area contributed by atoms with Crippen molar-refractivity contribution in [1.82, 2.24) is 4.98 Å². The summed E-state index contributed by atoms with van der Waals surface area (Å²) in [6.45, 7) is 6.48. The van der Waals surface area contributed by atoms with E-state index in [1.54, 1.807) is 12.5 Å². The standard InChI is InChI=1S/C18H12NO.C16H13.C2H6Si.2ClH.Zr/c1-2-5-13(6-3-1)16-8-4-7-14-11-15(12-17(14)16)18-19-9-10-20-18;1-12-10-14-8-5-9-15(16(14)11-12)13-6-3-2-4-7-13;1-3-2;;;/h1-12H;2-11H,1H3;1-2H3;2*1H;/q2*-1;;;;+2/p-2. The summed E-state index contributed by atoms with van der Waals surface area (Å²) in [6.07, 6.45) is 3.27. The van der Waals surface area contributed by atoms with Crippen LogP contribution < -0.4 is 0 Å². The largest absolute Gasteiger partial charge is 0.480 e. The maximum absolute atomic E-state index is 5.62. The second-order valence-corrected chi connectivity index (χ2v) is 33.2. The molecule has 6 heteroatoms. The molecule has 0 atom stereocenters. The topological polar surface area (TPSA) is 26.0 Å². The molecule has 1 aromatic heterocycles. The first kappa shape index (κ1) is 30.4. The van der Waals surface area contributed by atoms with E-state index >= 15 is 0 Å². The SMILES string of the molecule is C[Si](C)=[Zr]([Cl])[Cl].Cc1cc2c(-c3ccccc3)cccc2[cH-]1.c1ccc(-c2cccc3[cH-]c(-c4ncco4)cc23)cc1. The molecule has 1 heterocycles. The molecule has 7 rings (SSSR count). The number of benzene rings is 4. The summed E-state index contributed by atoms with van der Waals surface area (Å²) in [5, 5.41) is 5.12. The summed E-state index contributed by atoms with van der Waals surface area (Å²) >= 11 is -1.65. The monoisotopic (exact) mass is 681 g/mol. The van der Waals surface area contributed by atoms with Crippen molar-refractivity contribution in [2.24, 2.45) is 0 Å². The number of fused-ring (bicyclic) bond motifs is 2. The number of halogens is 2. The zero-order valence-corrected chi connectivity index (χ0v) is 28.8. The molecule has 2 nitrogen and oxygen atoms in total. The van der Waals surface area contributed by atoms with E-state index in [-0.39, 0.29) is 5.43 Å². The van der Waals surface area contributed by atoms with Crippen molar-refractivity contribution in [2.75, 3.05) is 0 Å². The zero-order chi connectivity index (χ0) is 29.5. The van der Waals surface area contributed by atoms with E-state index in [4.69, 9.17) is 21.4 Å². The van der Waals surface area contributed by atoms with Crippen LogP contribution in [0.25, 0.3) is 55.3 Å². The normalized spacial score (nSPS) is 10.5. The molecule has 0 aliphatic carbocycles. The second-order valence-electron chi connectivity index (χ2n) is 10.2. The van der Waals surface area contributed by atoms with Crippen LogP contribution in [0.15, 0.2) is 138 Å². The molecule has 0 spiro atoms. The first-order chi connectivity index (χ1) is 20.4. The Morgan fingerprint density at radius 3 is 1.71 bits per heavy atom. The number of hydrogen-bond donors (Lipinski definition) is 0. The summed E-state index contributed by atoms with van der Waals surface area (Å²) in [5.74, 6) is 0.667. The average molecular weight is 684 g/mol. The van der Waals surface area contributed by atoms with Crippen LogP contribution in [0.4, 0.5) is 0 Å². The fourth-order valence-corrected chi connectivity index (χ4v) is 4.85. The molecule has 0 fully saturated rings. The van der Waals surface area contributed by atoms with E-state index < -0.39 is 18.0 Å². The van der Waals surface area contributed by atoms with Crippen molar-refractivity contribution in [3.05, 3.63) is 139 Å². The Balaban J connectivity index is 0.000000144. The second kappa shape index (κ2) is 14.4. The van der Waals surface area contributed by atoms with Crippen LogP contribution in [0.2, 0.25) is 13.1 Å². The molecule has 0 radical (unpaired) electrons. The van der Waals surface area contributed by atoms with Gasteiger partial charge in [-0.15, -0.1) is 63.5 Å². The van der Waals surface area contributed by atoms with Gasteiger partial charge in [0.2, 0.25) is 0 Å². The molecule has 42 heavy (non-hydrogen) atoms. The summed E-state index contributed by atoms with van der Waals surface area (Å²) in [7, 11) is 11.2. The minimum Gasteiger partial charge on any atom is -0.480 e. The number of nitrogens with zero attached hydrogens (tertiary/aromatic N) is 1. The molecule has 210 valence electrons. The van der Waals surface area contributed by atoms with Crippen molar-refractivity contribution in [3.63, 3.8) is 0 Å². The smallest absolute Gasteiger partial charge is 0.157 e. The quantitative estimate of drug-likeness (QED) is 0.137. The molecule has 0 aliphatic heterocycles. The summed E-state index contributed by atoms with van der Waals surface area (Å²) in [5.41, 5.74) is 7.21. The fourth-order valence-electron chi connectivity index (χ4n) is 4.85. The van der Waals surface area contributed by atoms with E-state index in [1.807, 2.05) is 6.07 Å². The van der Waals surface area contributed by atoms with Gasteiger partial charge in [-0.2, -0.15) is 6.07 Å². The van der Waals surface area contributed by atoms with Crippen LogP contribution in [-0.4, -0.2) is 10.4 Å². The Labute approximate surface area is 262 Å². The molecule has 0 saturated carbocycles. The van der Waals surface area contributed by atoms with Crippen molar-refractivity contribution < 1.29 is 22.4 Å². The van der Waals surface area contributed by atoms with Gasteiger partial charge in [0.1, 0.15) is 0 Å². The molecule has 0 unspecified atom stereocenters. The minimum absolute atomic E-state index is 0.224. The fraction of sp³-hybridized carbons (Fsp3) is 0.0833. The first-order valence-corrected chi connectivity index (χ1v) is 26.3. The summed E-state index contributed by atoms with van der Waals surface area (Å²) in [6, 6.07) is 42.6. The van der Waals surface area contributed by atoms with E-state index in [0.29, 0.717) is 5.89 Å². The predicted molar refractivity (Wildman–Crippen MR) is 179 cm³/mol. The van der Waals surface area contributed by atoms with Gasteiger partial charge >= 0.3 is 53.5 Å². The molecule has 0 amide bonds. The maximum atomic E-state index is 5.62. The first-order valence-electron chi connectivity index (χ1n) is 13.8. The molecule has 0 aliphatic rings. The molecular formula is C36H31Cl2NOSiZr-2. The van der Waals surface area contributed by atoms with Gasteiger partial charge in [0.25, 0.3) is 0 Å². The minimum atomic E-state index is -1.65. The van der Waals surface area contributed by atoms with Gasteiger partial charge in [-0.05, 0) is 11.1 Å². The molecular weight excluding hydrogens is 653 g/mol. The van der Waals surface area contributed by atoms with Gasteiger partial charge in [-0.3, -0.25) is 4.98 Å². The van der Waals surface area contributed by atoms with Crippen LogP contribution in [0.3, 0.4) is 0 Å². The van der Waals surface area contributed by atoms with Crippen LogP contribution in [0.5, 0.6) is 0 Å². The van der Waals surface area contributed by atoms with Crippen molar-refractivity contribution >= 4 is 44.0 Å². The number of aromatic nitrogens is 1. The van der Waals surface area contributed by atoms with Gasteiger partial charge in [-0.25, -0.2) is 0 Å². The van der Waals surface area contributed by atoms with Gasteiger partial charge < -0.3 is 4.42 Å². The number of aryl methyl sites for hydroxylation is 1. The predicted octanol–water partition coefficient (Wildman–Crippen LogP) is 11.6. The summed E-state index contributed by atoms with van der Waals surface area (Å²) in [4.78, 5) is 4.22. The maximum Gasteiger partial charge on any atom is 0.157 e. The van der Waals surface area contributed by atoms with Crippen LogP contribution in [0, 0.1) is 6.92 Å². The van der Waals surface area contributed by atoms with E-state index in [0.717, 1.165) is 5.56 Å². The van der Waals surface area contributed by atoms with Crippen molar-refractivity contribution in [2.45, 2.75) is 20.0 Å². The Bertz CT molecular complexity index is 1910. The molecule has 0 N–H and O–H groups in total. The zero-order valence-electron chi connectivity index (χ0n) is 23.8. The van der Waals surface area contributed by atoms with E-state index in [2.05, 4.69) is 140 Å². The molecule has 0 saturated heterocycles. The number of hydrogen-bond acceptors (Lipinski definition) is 2. The Morgan fingerprint density at radius 2 is 1.21 bits per heavy atom. The number of oxazole rings is 1. The Morgan fingerprint density at radius 1 is 0.690 bits per heavy atom. The third kappa shape index (κ3) is 7.49. The molecule has 7 aromatic rings. The van der Waals surface area contributed by atoms with Crippen molar-refractivity contribution in [1.29, 1.82) is 0 Å². The third-order valence-electron chi connectivity index (χ3n) is 6.87. The van der Waals surface area contributed by atoms with Gasteiger partial charge in [0.05, 0.1) is 12.5 Å². The third-order valence-corrected chi connectivity index (χ3v) is 26.6. The van der Waals surface area contributed by atoms with E-state index in [1.165, 1.54) is 49.4 Å².